The van der Waals surface area contributed by atoms with Crippen LogP contribution < -0.4 is 14.8 Å². The van der Waals surface area contributed by atoms with Crippen LogP contribution in [0.2, 0.25) is 0 Å². The molecule has 0 unspecified atom stereocenters. The minimum atomic E-state index is -3.95. The number of benzene rings is 1. The number of carbonyl (C=O) groups is 5. The number of hydrogen-bond donors (Lipinski definition) is 3. The van der Waals surface area contributed by atoms with Gasteiger partial charge in [-0.05, 0) is 101 Å². The molecule has 16 heteroatoms. The van der Waals surface area contributed by atoms with Gasteiger partial charge in [-0.1, -0.05) is 29.8 Å². The number of amides is 4. The van der Waals surface area contributed by atoms with E-state index in [4.69, 9.17) is 4.74 Å². The number of ketones is 1. The van der Waals surface area contributed by atoms with Crippen molar-refractivity contribution < 1.29 is 42.2 Å². The number of thiophene rings is 1. The first-order valence-electron chi connectivity index (χ1n) is 18.9. The quantitative estimate of drug-likeness (QED) is 0.131. The molecule has 1 saturated heterocycles. The highest BCUT2D eigenvalue weighted by Crippen LogP contribution is 2.46. The molecule has 3 aromatic rings. The third kappa shape index (κ3) is 9.06. The Labute approximate surface area is 336 Å². The van der Waals surface area contributed by atoms with Gasteiger partial charge in [0, 0.05) is 40.8 Å². The van der Waals surface area contributed by atoms with E-state index >= 15 is 0 Å². The number of hydrogen-bond acceptors (Lipinski definition) is 10. The predicted octanol–water partition coefficient (Wildman–Crippen LogP) is 5.44. The molecule has 2 saturated carbocycles. The van der Waals surface area contributed by atoms with Crippen molar-refractivity contribution in [3.8, 4) is 16.3 Å². The van der Waals surface area contributed by atoms with E-state index in [-0.39, 0.29) is 43.9 Å². The van der Waals surface area contributed by atoms with E-state index < -0.39 is 74.3 Å². The molecule has 0 spiro atoms. The number of allylic oxidation sites excluding steroid dienone is 2. The summed E-state index contributed by atoms with van der Waals surface area (Å²) >= 11 is 1.58. The lowest BCUT2D eigenvalue weighted by atomic mass is 9.98. The number of carboxylic acid groups (broad SMARTS) is 1. The molecule has 4 amide bonds. The van der Waals surface area contributed by atoms with Crippen molar-refractivity contribution in [2.45, 2.75) is 108 Å². The highest BCUT2D eigenvalue weighted by molar-refractivity contribution is 7.91. The number of carbonyl (C=O) groups excluding carboxylic acids is 4. The largest absolute Gasteiger partial charge is 0.472 e. The van der Waals surface area contributed by atoms with E-state index in [9.17, 15) is 37.5 Å². The lowest BCUT2D eigenvalue weighted by Gasteiger charge is -2.41. The number of nitrogens with one attached hydrogen (secondary N) is 2. The van der Waals surface area contributed by atoms with Gasteiger partial charge in [-0.25, -0.2) is 18.2 Å². The lowest BCUT2D eigenvalue weighted by Crippen LogP contribution is -2.61. The first-order chi connectivity index (χ1) is 26.8. The molecule has 6 rings (SSSR count). The molecule has 3 fully saturated rings. The van der Waals surface area contributed by atoms with Crippen molar-refractivity contribution in [2.75, 3.05) is 6.54 Å². The van der Waals surface area contributed by atoms with E-state index in [1.165, 1.54) is 17.1 Å². The first kappa shape index (κ1) is 41.5. The third-order valence-electron chi connectivity index (χ3n) is 10.6. The zero-order valence-electron chi connectivity index (χ0n) is 32.7. The molecule has 2 aromatic heterocycles. The molecule has 3 N–H and O–H groups in total. The molecule has 3 heterocycles. The summed E-state index contributed by atoms with van der Waals surface area (Å²) in [6, 6.07) is 9.05. The van der Waals surface area contributed by atoms with Crippen molar-refractivity contribution in [2.24, 2.45) is 5.92 Å². The van der Waals surface area contributed by atoms with Gasteiger partial charge in [-0.3, -0.25) is 28.8 Å². The van der Waals surface area contributed by atoms with Crippen LogP contribution in [-0.2, 0) is 29.2 Å². The van der Waals surface area contributed by atoms with Gasteiger partial charge in [0.25, 0.3) is 5.91 Å². The summed E-state index contributed by atoms with van der Waals surface area (Å²) in [5.41, 5.74) is -1.02. The average Bonchev–Trinajstić information content (AvgIpc) is 4.00. The Kier molecular flexibility index (Phi) is 11.7. The van der Waals surface area contributed by atoms with E-state index in [0.29, 0.717) is 18.2 Å². The van der Waals surface area contributed by atoms with Crippen molar-refractivity contribution in [1.82, 2.24) is 24.8 Å². The van der Waals surface area contributed by atoms with Crippen LogP contribution in [0.4, 0.5) is 4.79 Å². The highest BCUT2D eigenvalue weighted by Gasteiger charge is 2.62. The van der Waals surface area contributed by atoms with Gasteiger partial charge < -0.3 is 20.1 Å². The van der Waals surface area contributed by atoms with Crippen molar-refractivity contribution >= 4 is 61.7 Å². The molecule has 57 heavy (non-hydrogen) atoms. The maximum atomic E-state index is 14.8. The van der Waals surface area contributed by atoms with Gasteiger partial charge in [-0.2, -0.15) is 0 Å². The number of nitrogens with zero attached hydrogens (tertiary/aromatic N) is 3. The molecule has 1 aliphatic heterocycles. The molecule has 2 aliphatic carbocycles. The summed E-state index contributed by atoms with van der Waals surface area (Å²) < 4.78 is 34.2. The molecule has 0 bridgehead atoms. The zero-order valence-corrected chi connectivity index (χ0v) is 34.3. The van der Waals surface area contributed by atoms with E-state index in [1.807, 2.05) is 41.8 Å². The second kappa shape index (κ2) is 16.0. The van der Waals surface area contributed by atoms with Crippen LogP contribution in [0.15, 0.2) is 72.3 Å². The topological polar surface area (TPSA) is 192 Å². The summed E-state index contributed by atoms with van der Waals surface area (Å²) in [5, 5.41) is 16.1. The Morgan fingerprint density at radius 2 is 1.89 bits per heavy atom. The van der Waals surface area contributed by atoms with Crippen molar-refractivity contribution in [3.63, 3.8) is 0 Å². The average molecular weight is 820 g/mol. The summed E-state index contributed by atoms with van der Waals surface area (Å²) in [7, 11) is -3.95. The fourth-order valence-corrected chi connectivity index (χ4v) is 9.59. The van der Waals surface area contributed by atoms with Crippen LogP contribution in [-0.4, -0.2) is 99.0 Å². The number of aromatic nitrogens is 1. The fraction of sp³-hybridized carbons (Fsp3) is 0.463. The van der Waals surface area contributed by atoms with Gasteiger partial charge in [0.15, 0.2) is 5.78 Å². The number of rotatable bonds is 15. The maximum Gasteiger partial charge on any atom is 0.408 e. The number of likely N-dealkylation sites (tertiary alicyclic amines) is 1. The van der Waals surface area contributed by atoms with Gasteiger partial charge in [0.05, 0.1) is 11.8 Å². The van der Waals surface area contributed by atoms with Crippen LogP contribution in [0.25, 0.3) is 21.2 Å². The molecular formula is C41H49N5O9S2. The predicted molar refractivity (Wildman–Crippen MR) is 216 cm³/mol. The Hall–Kier alpha value is -5.09. The number of pyridine rings is 1. The van der Waals surface area contributed by atoms with E-state index in [1.54, 1.807) is 52.2 Å². The molecule has 14 nitrogen and oxygen atoms in total. The minimum absolute atomic E-state index is 0.0664. The number of fused-ring (bicyclic) bond motifs is 1. The minimum Gasteiger partial charge on any atom is -0.472 e. The molecule has 5 atom stereocenters. The van der Waals surface area contributed by atoms with Crippen LogP contribution >= 0.6 is 11.3 Å². The Morgan fingerprint density at radius 1 is 1.16 bits per heavy atom. The zero-order chi connectivity index (χ0) is 41.4. The van der Waals surface area contributed by atoms with Crippen molar-refractivity contribution in [3.05, 3.63) is 72.3 Å². The van der Waals surface area contributed by atoms with Gasteiger partial charge in [0.2, 0.25) is 27.7 Å². The monoisotopic (exact) mass is 819 g/mol. The van der Waals surface area contributed by atoms with Gasteiger partial charge >= 0.3 is 6.09 Å². The Morgan fingerprint density at radius 3 is 2.49 bits per heavy atom. The van der Waals surface area contributed by atoms with Crippen LogP contribution in [0, 0.1) is 5.92 Å². The maximum absolute atomic E-state index is 14.8. The fourth-order valence-electron chi connectivity index (χ4n) is 7.50. The van der Waals surface area contributed by atoms with Crippen LogP contribution in [0.5, 0.6) is 5.88 Å². The molecule has 304 valence electrons. The molecule has 1 aromatic carbocycles. The van der Waals surface area contributed by atoms with Crippen molar-refractivity contribution in [1.29, 1.82) is 0 Å². The summed E-state index contributed by atoms with van der Waals surface area (Å²) in [5.74, 6) is -2.96. The Balaban J connectivity index is 1.35. The van der Waals surface area contributed by atoms with Gasteiger partial charge in [-0.15, -0.1) is 17.9 Å². The van der Waals surface area contributed by atoms with Crippen LogP contribution in [0.3, 0.4) is 0 Å². The summed E-state index contributed by atoms with van der Waals surface area (Å²) in [4.78, 5) is 76.4. The lowest BCUT2D eigenvalue weighted by molar-refractivity contribution is -0.144. The van der Waals surface area contributed by atoms with Crippen LogP contribution in [0.1, 0.15) is 73.1 Å². The second-order valence-electron chi connectivity index (χ2n) is 16.3. The normalized spacial score (nSPS) is 22.3. The SMILES string of the molecule is C=C[C@@H]1C[C@]1(NC(=O)[C@@H]1C[C@@H](Oc2nccc3ccc(-c4cccs4)cc23)CN1C(=O)[C@H](CCC(=O)C=C(C)C)N(C(=O)O)C(C)(C)C)C(=O)NS(=O)(=O)C1CC1. The molecule has 0 radical (unpaired) electrons. The highest BCUT2D eigenvalue weighted by atomic mass is 32.2. The summed E-state index contributed by atoms with van der Waals surface area (Å²) in [6.07, 6.45) is 2.87. The Bertz CT molecular complexity index is 2230. The number of ether oxygens (including phenoxy) is 1. The first-order valence-corrected chi connectivity index (χ1v) is 21.4. The third-order valence-corrected chi connectivity index (χ3v) is 13.3. The van der Waals surface area contributed by atoms with E-state index in [0.717, 1.165) is 26.3 Å². The summed E-state index contributed by atoms with van der Waals surface area (Å²) in [6.45, 7) is 12.0. The second-order valence-corrected chi connectivity index (χ2v) is 19.2. The molecule has 3 aliphatic rings. The van der Waals surface area contributed by atoms with E-state index in [2.05, 4.69) is 21.6 Å². The molecular weight excluding hydrogens is 771 g/mol. The standard InChI is InChI=1S/C41H49N5O9S2/c1-7-27-22-41(27,38(50)44-57(53,54)30-13-14-30)43-35(48)33-21-29(55-36-31-20-26(34-9-8-18-56-34)11-10-25(31)16-17-42-36)23-45(33)37(49)32(15-12-28(47)19-24(2)3)46(39(51)52)40(4,5)6/h7-11,16-20,27,29-30,32-33H,1,12-15,21-23H2,2-6H3,(H,43,48)(H,44,50)(H,51,52)/t27-,29-,32+,33+,41-/m1/s1. The smallest absolute Gasteiger partial charge is 0.408 e. The van der Waals surface area contributed by atoms with Gasteiger partial charge in [0.1, 0.15) is 23.7 Å². The number of sulfonamides is 1.